The Bertz CT molecular complexity index is 1060. The molecule has 7 heteroatoms. The molecule has 0 amide bonds. The number of hydrogen-bond donors (Lipinski definition) is 2. The Morgan fingerprint density at radius 3 is 2.47 bits per heavy atom. The molecule has 4 nitrogen and oxygen atoms in total. The molecular weight excluding hydrogens is 437 g/mol. The Hall–Kier alpha value is -3.06. The number of halogens is 3. The molecule has 2 fully saturated rings. The van der Waals surface area contributed by atoms with Gasteiger partial charge < -0.3 is 10.7 Å². The van der Waals surface area contributed by atoms with Crippen LogP contribution in [0, 0.1) is 17.8 Å². The van der Waals surface area contributed by atoms with Crippen molar-refractivity contribution in [1.82, 2.24) is 5.01 Å². The van der Waals surface area contributed by atoms with Crippen molar-refractivity contribution in [2.75, 3.05) is 6.54 Å². The minimum atomic E-state index is -4.35. The average molecular weight is 469 g/mol. The van der Waals surface area contributed by atoms with Gasteiger partial charge in [-0.2, -0.15) is 13.2 Å². The second-order valence-corrected chi connectivity index (χ2v) is 9.48. The number of aliphatic imine (C=N–C) groups is 1. The second-order valence-electron chi connectivity index (χ2n) is 9.48. The number of hydrogen-bond acceptors (Lipinski definition) is 4. The van der Waals surface area contributed by atoms with Crippen molar-refractivity contribution in [3.63, 3.8) is 0 Å². The Morgan fingerprint density at radius 1 is 1.09 bits per heavy atom. The van der Waals surface area contributed by atoms with Gasteiger partial charge in [0, 0.05) is 36.8 Å². The van der Waals surface area contributed by atoms with E-state index in [4.69, 9.17) is 11.6 Å². The standard InChI is InChI=1S/C27H31F3N4/c1-18(22-3-2-4-25(16-22)27(28,29)30)20-5-7-21(8-6-20)26(31)9-10-33-11-12-34(32)17-19-13-23-15-24(23)14-19/h2-12,16,18-19,23-24H,13-15,17,31-32H2,1H3/b12-11-,26-9+,33-10-. The minimum absolute atomic E-state index is 0.178. The van der Waals surface area contributed by atoms with E-state index in [2.05, 4.69) is 4.99 Å². The lowest BCUT2D eigenvalue weighted by molar-refractivity contribution is -0.137. The molecule has 34 heavy (non-hydrogen) atoms. The first-order chi connectivity index (χ1) is 16.2. The summed E-state index contributed by atoms with van der Waals surface area (Å²) in [5.41, 5.74) is 8.40. The topological polar surface area (TPSA) is 67.6 Å². The largest absolute Gasteiger partial charge is 0.416 e. The fourth-order valence-corrected chi connectivity index (χ4v) is 4.88. The summed E-state index contributed by atoms with van der Waals surface area (Å²) in [6.07, 6.45) is 6.40. The highest BCUT2D eigenvalue weighted by atomic mass is 19.4. The number of rotatable bonds is 8. The van der Waals surface area contributed by atoms with Gasteiger partial charge in [0.05, 0.1) is 5.56 Å². The lowest BCUT2D eigenvalue weighted by Crippen LogP contribution is -2.30. The average Bonchev–Trinajstić information content (AvgIpc) is 3.43. The maximum atomic E-state index is 13.0. The maximum absolute atomic E-state index is 13.0. The molecule has 2 saturated carbocycles. The van der Waals surface area contributed by atoms with Crippen LogP contribution in [0.5, 0.6) is 0 Å². The monoisotopic (exact) mass is 468 g/mol. The van der Waals surface area contributed by atoms with Crippen LogP contribution in [0.3, 0.4) is 0 Å². The molecule has 0 bridgehead atoms. The van der Waals surface area contributed by atoms with E-state index in [1.165, 1.54) is 31.4 Å². The van der Waals surface area contributed by atoms with Gasteiger partial charge in [-0.3, -0.25) is 4.99 Å². The number of fused-ring (bicyclic) bond motifs is 1. The van der Waals surface area contributed by atoms with Crippen molar-refractivity contribution in [2.45, 2.75) is 38.3 Å². The molecule has 0 aromatic heterocycles. The molecule has 0 radical (unpaired) electrons. The molecule has 0 spiro atoms. The summed E-state index contributed by atoms with van der Waals surface area (Å²) in [7, 11) is 0. The molecule has 2 aromatic rings. The summed E-state index contributed by atoms with van der Waals surface area (Å²) in [5, 5.41) is 1.70. The summed E-state index contributed by atoms with van der Waals surface area (Å²) in [4.78, 5) is 4.21. The van der Waals surface area contributed by atoms with Crippen molar-refractivity contribution in [1.29, 1.82) is 0 Å². The van der Waals surface area contributed by atoms with Crippen molar-refractivity contribution >= 4 is 11.9 Å². The van der Waals surface area contributed by atoms with Crippen molar-refractivity contribution in [2.24, 2.45) is 34.3 Å². The van der Waals surface area contributed by atoms with Crippen molar-refractivity contribution in [3.8, 4) is 0 Å². The molecule has 0 heterocycles. The molecule has 3 unspecified atom stereocenters. The Labute approximate surface area is 198 Å². The highest BCUT2D eigenvalue weighted by Crippen LogP contribution is 2.54. The van der Waals surface area contributed by atoms with E-state index in [0.29, 0.717) is 17.2 Å². The van der Waals surface area contributed by atoms with Gasteiger partial charge in [-0.15, -0.1) is 0 Å². The van der Waals surface area contributed by atoms with Gasteiger partial charge >= 0.3 is 6.18 Å². The van der Waals surface area contributed by atoms with E-state index in [1.54, 1.807) is 35.8 Å². The smallest absolute Gasteiger partial charge is 0.398 e. The van der Waals surface area contributed by atoms with E-state index in [0.717, 1.165) is 35.6 Å². The van der Waals surface area contributed by atoms with Gasteiger partial charge in [-0.05, 0) is 65.8 Å². The second kappa shape index (κ2) is 10.1. The number of benzene rings is 2. The lowest BCUT2D eigenvalue weighted by Gasteiger charge is -2.19. The van der Waals surface area contributed by atoms with E-state index >= 15 is 0 Å². The van der Waals surface area contributed by atoms with Crippen molar-refractivity contribution in [3.05, 3.63) is 89.3 Å². The molecule has 0 aliphatic heterocycles. The van der Waals surface area contributed by atoms with E-state index in [-0.39, 0.29) is 5.92 Å². The molecule has 4 rings (SSSR count). The molecule has 3 atom stereocenters. The fourth-order valence-electron chi connectivity index (χ4n) is 4.88. The normalized spacial score (nSPS) is 23.4. The summed E-state index contributed by atoms with van der Waals surface area (Å²) in [6, 6.07) is 12.9. The number of allylic oxidation sites excluding steroid dienone is 1. The van der Waals surface area contributed by atoms with E-state index in [9.17, 15) is 13.2 Å². The summed E-state index contributed by atoms with van der Waals surface area (Å²) in [6.45, 7) is 2.75. The van der Waals surface area contributed by atoms with Crippen LogP contribution in [-0.2, 0) is 6.18 Å². The minimum Gasteiger partial charge on any atom is -0.398 e. The lowest BCUT2D eigenvalue weighted by atomic mass is 9.91. The maximum Gasteiger partial charge on any atom is 0.416 e. The molecule has 2 aliphatic rings. The molecular formula is C27H31F3N4. The van der Waals surface area contributed by atoms with Crippen LogP contribution in [0.4, 0.5) is 13.2 Å². The van der Waals surface area contributed by atoms with Gasteiger partial charge in [-0.25, -0.2) is 5.84 Å². The summed E-state index contributed by atoms with van der Waals surface area (Å²) >= 11 is 0. The zero-order valence-corrected chi connectivity index (χ0v) is 19.2. The SMILES string of the molecule is CC(c1ccc(\C(N)=C/C=N\C=C/N(N)CC2CC3CC3C2)cc1)c1cccc(C(F)(F)F)c1. The van der Waals surface area contributed by atoms with Crippen LogP contribution in [0.25, 0.3) is 5.70 Å². The van der Waals surface area contributed by atoms with Crippen LogP contribution < -0.4 is 11.6 Å². The number of hydrazine groups is 1. The first-order valence-corrected chi connectivity index (χ1v) is 11.6. The summed E-state index contributed by atoms with van der Waals surface area (Å²) in [5.74, 6) is 8.45. The van der Waals surface area contributed by atoms with Gasteiger partial charge in [-0.1, -0.05) is 49.4 Å². The van der Waals surface area contributed by atoms with Gasteiger partial charge in [0.15, 0.2) is 0 Å². The Kier molecular flexibility index (Phi) is 7.12. The number of nitrogens with zero attached hydrogens (tertiary/aromatic N) is 2. The van der Waals surface area contributed by atoms with Gasteiger partial charge in [0.1, 0.15) is 0 Å². The summed E-state index contributed by atoms with van der Waals surface area (Å²) < 4.78 is 39.1. The predicted molar refractivity (Wildman–Crippen MR) is 130 cm³/mol. The third kappa shape index (κ3) is 6.08. The van der Waals surface area contributed by atoms with Gasteiger partial charge in [0.2, 0.25) is 0 Å². The molecule has 2 aromatic carbocycles. The third-order valence-corrected chi connectivity index (χ3v) is 6.95. The molecule has 0 saturated heterocycles. The quantitative estimate of drug-likeness (QED) is 0.287. The van der Waals surface area contributed by atoms with Crippen LogP contribution in [0.15, 0.2) is 72.0 Å². The van der Waals surface area contributed by atoms with Crippen LogP contribution in [0.1, 0.15) is 54.4 Å². The molecule has 180 valence electrons. The first kappa shape index (κ1) is 24.1. The Morgan fingerprint density at radius 2 is 1.79 bits per heavy atom. The van der Waals surface area contributed by atoms with E-state index < -0.39 is 11.7 Å². The highest BCUT2D eigenvalue weighted by Gasteiger charge is 2.45. The van der Waals surface area contributed by atoms with Crippen LogP contribution in [-0.4, -0.2) is 17.8 Å². The highest BCUT2D eigenvalue weighted by molar-refractivity contribution is 5.83. The van der Waals surface area contributed by atoms with Crippen LogP contribution in [0.2, 0.25) is 0 Å². The third-order valence-electron chi connectivity index (χ3n) is 6.95. The van der Waals surface area contributed by atoms with Gasteiger partial charge in [0.25, 0.3) is 0 Å². The predicted octanol–water partition coefficient (Wildman–Crippen LogP) is 5.92. The Balaban J connectivity index is 1.31. The zero-order chi connectivity index (χ0) is 24.3. The number of nitrogens with two attached hydrogens (primary N) is 2. The van der Waals surface area contributed by atoms with Crippen LogP contribution >= 0.6 is 0 Å². The first-order valence-electron chi connectivity index (χ1n) is 11.6. The van der Waals surface area contributed by atoms with E-state index in [1.807, 2.05) is 31.2 Å². The van der Waals surface area contributed by atoms with Crippen molar-refractivity contribution < 1.29 is 13.2 Å². The zero-order valence-electron chi connectivity index (χ0n) is 19.2. The molecule has 2 aliphatic carbocycles. The number of alkyl halides is 3. The fraction of sp³-hybridized carbons (Fsp3) is 0.370. The molecule has 4 N–H and O–H groups in total.